The number of ether oxygens (including phenoxy) is 3. The Hall–Kier alpha value is -11.4. The number of aryl methyl sites for hydroxylation is 6. The van der Waals surface area contributed by atoms with Crippen LogP contribution in [0.25, 0.3) is 65.4 Å². The van der Waals surface area contributed by atoms with E-state index in [0.29, 0.717) is 17.2 Å². The van der Waals surface area contributed by atoms with Gasteiger partial charge < -0.3 is 44.1 Å². The maximum atomic E-state index is 6.84. The SMILES string of the molecule is Cc1c(C(c2cccc(Oc3nc(Oc4cccc(C(c5[nH]c6ccccc6c5C)c5[nH]c6ccccc6c5C)c4)nc(Oc4cccc(C(c5[nH]c6ccccc6c5C)c5[nH]c6ccccc6c5C)c4)n3)c2)c2[nH]c3ccccc3c2C)[nH]c2ccccc12. The van der Waals surface area contributed by atoms with Crippen LogP contribution < -0.4 is 14.2 Å². The molecule has 0 radical (unpaired) electrons. The van der Waals surface area contributed by atoms with Gasteiger partial charge in [-0.3, -0.25) is 0 Å². The van der Waals surface area contributed by atoms with Crippen molar-refractivity contribution in [2.75, 3.05) is 0 Å². The third-order valence-electron chi connectivity index (χ3n) is 18.5. The van der Waals surface area contributed by atoms with E-state index in [1.54, 1.807) is 0 Å². The molecule has 0 unspecified atom stereocenters. The predicted octanol–water partition coefficient (Wildman–Crippen LogP) is 19.5. The van der Waals surface area contributed by atoms with Crippen molar-refractivity contribution in [2.24, 2.45) is 0 Å². The van der Waals surface area contributed by atoms with Gasteiger partial charge >= 0.3 is 18.0 Å². The molecule has 0 bridgehead atoms. The van der Waals surface area contributed by atoms with Crippen molar-refractivity contribution in [3.63, 3.8) is 0 Å². The van der Waals surface area contributed by atoms with Crippen LogP contribution in [0.5, 0.6) is 35.3 Å². The number of aromatic nitrogens is 9. The molecule has 9 aromatic carbocycles. The molecule has 0 aliphatic rings. The average Bonchev–Trinajstić information content (AvgIpc) is 1.77. The van der Waals surface area contributed by atoms with E-state index >= 15 is 0 Å². The maximum absolute atomic E-state index is 6.84. The van der Waals surface area contributed by atoms with E-state index in [0.717, 1.165) is 84.0 Å². The van der Waals surface area contributed by atoms with Crippen LogP contribution in [-0.4, -0.2) is 44.9 Å². The molecule has 0 saturated carbocycles. The third kappa shape index (κ3) is 9.34. The van der Waals surface area contributed by atoms with Gasteiger partial charge in [0.25, 0.3) is 0 Å². The van der Waals surface area contributed by atoms with Gasteiger partial charge in [0, 0.05) is 99.6 Å². The first-order valence-electron chi connectivity index (χ1n) is 30.6. The Morgan fingerprint density at radius 1 is 0.244 bits per heavy atom. The molecule has 438 valence electrons. The Morgan fingerprint density at radius 2 is 0.444 bits per heavy atom. The second kappa shape index (κ2) is 21.8. The number of hydrogen-bond acceptors (Lipinski definition) is 6. The molecule has 0 fully saturated rings. The lowest BCUT2D eigenvalue weighted by Crippen LogP contribution is -2.08. The first kappa shape index (κ1) is 54.1. The fourth-order valence-corrected chi connectivity index (χ4v) is 14.0. The number of para-hydroxylation sites is 6. The van der Waals surface area contributed by atoms with Crippen molar-refractivity contribution in [2.45, 2.75) is 59.3 Å². The molecule has 12 heteroatoms. The Morgan fingerprint density at radius 3 is 0.644 bits per heavy atom. The molecule has 0 amide bonds. The highest BCUT2D eigenvalue weighted by atomic mass is 16.5. The standard InChI is InChI=1S/C78H63N9O3/c1-43-55-28-7-13-34-61(55)79-70(43)67(71-44(2)56-29-8-14-35-62(56)80-71)49-22-19-25-52(40-49)88-76-85-77(89-53-26-20-23-50(41-53)68(72-45(3)57-30-9-15-36-63(57)81-72)73-46(4)58-31-10-16-37-64(58)82-73)87-78(86-76)90-54-27-21-24-51(42-54)69(74-47(5)59-32-11-17-38-65(59)83-74)75-48(6)60-33-12-18-39-66(60)84-75/h7-42,67-69,79-84H,1-6H3. The van der Waals surface area contributed by atoms with Crippen LogP contribution in [0, 0.1) is 41.5 Å². The Kier molecular flexibility index (Phi) is 13.1. The lowest BCUT2D eigenvalue weighted by molar-refractivity contribution is 0.362. The molecule has 0 aliphatic carbocycles. The summed E-state index contributed by atoms with van der Waals surface area (Å²) in [5.41, 5.74) is 23.0. The number of hydrogen-bond donors (Lipinski definition) is 6. The molecule has 0 aliphatic heterocycles. The van der Waals surface area contributed by atoms with Crippen molar-refractivity contribution < 1.29 is 14.2 Å². The molecule has 90 heavy (non-hydrogen) atoms. The minimum Gasteiger partial charge on any atom is -0.424 e. The number of rotatable bonds is 15. The quantitative estimate of drug-likeness (QED) is 0.0599. The van der Waals surface area contributed by atoms with Crippen molar-refractivity contribution in [3.8, 4) is 35.3 Å². The van der Waals surface area contributed by atoms with Crippen LogP contribution in [0.2, 0.25) is 0 Å². The van der Waals surface area contributed by atoms with Gasteiger partial charge in [0.05, 0.1) is 17.8 Å². The number of benzene rings is 9. The normalized spacial score (nSPS) is 12.0. The Bertz CT molecular complexity index is 4660. The van der Waals surface area contributed by atoms with Gasteiger partial charge in [0.2, 0.25) is 0 Å². The first-order chi connectivity index (χ1) is 44.1. The minimum absolute atomic E-state index is 0.0138. The van der Waals surface area contributed by atoms with Gasteiger partial charge in [-0.2, -0.15) is 0 Å². The van der Waals surface area contributed by atoms with Crippen LogP contribution in [0.4, 0.5) is 0 Å². The number of aromatic amines is 6. The van der Waals surface area contributed by atoms with E-state index in [1.807, 2.05) is 36.4 Å². The number of H-pyrrole nitrogens is 6. The fraction of sp³-hybridized carbons (Fsp3) is 0.115. The minimum atomic E-state index is -0.223. The molecule has 0 spiro atoms. The lowest BCUT2D eigenvalue weighted by Gasteiger charge is -2.20. The van der Waals surface area contributed by atoms with E-state index in [1.165, 1.54) is 65.7 Å². The molecule has 7 aromatic heterocycles. The lowest BCUT2D eigenvalue weighted by atomic mass is 9.88. The van der Waals surface area contributed by atoms with E-state index in [2.05, 4.69) is 253 Å². The molecule has 7 heterocycles. The van der Waals surface area contributed by atoms with Gasteiger partial charge in [-0.15, -0.1) is 15.0 Å². The second-order valence-electron chi connectivity index (χ2n) is 23.8. The highest BCUT2D eigenvalue weighted by Crippen LogP contribution is 2.45. The topological polar surface area (TPSA) is 161 Å². The molecule has 16 rings (SSSR count). The molecular weight excluding hydrogens is 1110 g/mol. The fourth-order valence-electron chi connectivity index (χ4n) is 14.0. The molecule has 0 atom stereocenters. The molecule has 6 N–H and O–H groups in total. The molecule has 0 saturated heterocycles. The van der Waals surface area contributed by atoms with Crippen LogP contribution in [0.1, 0.15) is 102 Å². The molecule has 16 aromatic rings. The van der Waals surface area contributed by atoms with Gasteiger partial charge in [-0.25, -0.2) is 0 Å². The summed E-state index contributed by atoms with van der Waals surface area (Å²) in [6.07, 6.45) is 0. The van der Waals surface area contributed by atoms with Gasteiger partial charge in [0.15, 0.2) is 0 Å². The van der Waals surface area contributed by atoms with Gasteiger partial charge in [-0.1, -0.05) is 146 Å². The smallest absolute Gasteiger partial charge is 0.331 e. The zero-order valence-corrected chi connectivity index (χ0v) is 50.6. The van der Waals surface area contributed by atoms with Crippen molar-refractivity contribution >= 4 is 65.4 Å². The summed E-state index contributed by atoms with van der Waals surface area (Å²) in [7, 11) is 0. The highest BCUT2D eigenvalue weighted by Gasteiger charge is 2.30. The van der Waals surface area contributed by atoms with Crippen LogP contribution in [0.15, 0.2) is 218 Å². The molecule has 12 nitrogen and oxygen atoms in total. The van der Waals surface area contributed by atoms with Crippen molar-refractivity contribution in [3.05, 3.63) is 303 Å². The van der Waals surface area contributed by atoms with Gasteiger partial charge in [-0.05, 0) is 164 Å². The van der Waals surface area contributed by atoms with Crippen LogP contribution in [0.3, 0.4) is 0 Å². The summed E-state index contributed by atoms with van der Waals surface area (Å²) < 4.78 is 20.5. The van der Waals surface area contributed by atoms with E-state index in [4.69, 9.17) is 29.2 Å². The van der Waals surface area contributed by atoms with E-state index < -0.39 is 0 Å². The highest BCUT2D eigenvalue weighted by molar-refractivity contribution is 5.90. The Labute approximate surface area is 519 Å². The van der Waals surface area contributed by atoms with Crippen LogP contribution in [-0.2, 0) is 0 Å². The number of nitrogens with one attached hydrogen (secondary N) is 6. The summed E-state index contributed by atoms with van der Waals surface area (Å²) in [5.74, 6) is 0.880. The van der Waals surface area contributed by atoms with Crippen molar-refractivity contribution in [1.29, 1.82) is 0 Å². The summed E-state index contributed by atoms with van der Waals surface area (Å²) in [4.78, 5) is 37.7. The third-order valence-corrected chi connectivity index (χ3v) is 18.5. The van der Waals surface area contributed by atoms with Gasteiger partial charge in [0.1, 0.15) is 17.2 Å². The van der Waals surface area contributed by atoms with E-state index in [-0.39, 0.29) is 35.8 Å². The summed E-state index contributed by atoms with van der Waals surface area (Å²) in [6.45, 7) is 13.1. The van der Waals surface area contributed by atoms with Crippen LogP contribution >= 0.6 is 0 Å². The largest absolute Gasteiger partial charge is 0.424 e. The first-order valence-corrected chi connectivity index (χ1v) is 30.6. The van der Waals surface area contributed by atoms with Crippen molar-refractivity contribution in [1.82, 2.24) is 44.9 Å². The number of fused-ring (bicyclic) bond motifs is 6. The summed E-state index contributed by atoms with van der Waals surface area (Å²) in [6, 6.07) is 75.2. The predicted molar refractivity (Wildman–Crippen MR) is 360 cm³/mol. The zero-order valence-electron chi connectivity index (χ0n) is 50.6. The average molecular weight is 1170 g/mol. The summed E-state index contributed by atoms with van der Waals surface area (Å²) >= 11 is 0. The molecular formula is C78H63N9O3. The maximum Gasteiger partial charge on any atom is 0.331 e. The monoisotopic (exact) mass is 1170 g/mol. The second-order valence-corrected chi connectivity index (χ2v) is 23.8. The number of nitrogens with zero attached hydrogens (tertiary/aromatic N) is 3. The van der Waals surface area contributed by atoms with E-state index in [9.17, 15) is 0 Å². The zero-order chi connectivity index (χ0) is 60.7. The summed E-state index contributed by atoms with van der Waals surface area (Å²) in [5, 5.41) is 7.04. The Balaban J connectivity index is 0.810.